The number of nitrogens with two attached hydrogens (primary N) is 1. The number of alkyl carbamates (subject to hydrolysis) is 1. The molecular weight excluding hydrogens is 1250 g/mol. The van der Waals surface area contributed by atoms with Crippen molar-refractivity contribution in [3.8, 4) is 5.75 Å². The number of methoxy groups -OCH3 is 1. The van der Waals surface area contributed by atoms with Crippen molar-refractivity contribution in [2.75, 3.05) is 33.4 Å². The third-order valence-corrected chi connectivity index (χ3v) is 17.1. The molecule has 1 aliphatic heterocycles. The summed E-state index contributed by atoms with van der Waals surface area (Å²) in [4.78, 5) is 130. The van der Waals surface area contributed by atoms with Gasteiger partial charge in [0.1, 0.15) is 53.2 Å². The Balaban J connectivity index is 2.59. The highest BCUT2D eigenvalue weighted by Crippen LogP contribution is 2.42. The summed E-state index contributed by atoms with van der Waals surface area (Å²) in [6.45, 7) is 36.9. The SMILES string of the molecule is CC[C@H](C)[C@H](NC(=O)[C@@H](CCCN=C(N)NS(=O)(=O)c1c(C)c(C)c2c(c1C)CCC(C)(C)O2)NC(=O)[C@H](CC(C)C)NC(=O)[C@@H](NC(=O)OC(C)(C)C)[C@H](O)C(C)C)C(=O)N[C@@H](CC(C)C)C(=O)NCC(=O)N[C@@H](COC(C)(C)C)C(=O)N[C@@H](COC(C)(C)C)C(=O)OC. The predicted molar refractivity (Wildman–Crippen MR) is 360 cm³/mol. The van der Waals surface area contributed by atoms with E-state index in [1.165, 1.54) is 0 Å². The maximum absolute atomic E-state index is 14.8. The maximum atomic E-state index is 14.8. The zero-order valence-corrected chi connectivity index (χ0v) is 61.4. The molecule has 1 heterocycles. The number of carbonyl (C=O) groups is 9. The molecule has 0 saturated heterocycles. The lowest BCUT2D eigenvalue weighted by Gasteiger charge is -2.35. The Kier molecular flexibility index (Phi) is 32.4. The Morgan fingerprint density at radius 2 is 1.14 bits per heavy atom. The van der Waals surface area contributed by atoms with E-state index in [4.69, 9.17) is 29.4 Å². The molecule has 8 amide bonds. The van der Waals surface area contributed by atoms with Crippen molar-refractivity contribution in [3.05, 3.63) is 22.3 Å². The van der Waals surface area contributed by atoms with Crippen LogP contribution in [0.2, 0.25) is 0 Å². The average Bonchev–Trinajstić information content (AvgIpc) is 0.748. The van der Waals surface area contributed by atoms with Gasteiger partial charge in [0.05, 0.1) is 49.1 Å². The number of guanidine groups is 1. The van der Waals surface area contributed by atoms with Crippen LogP contribution in [-0.2, 0) is 73.7 Å². The number of carbonyl (C=O) groups excluding carboxylic acids is 9. The number of nitrogens with zero attached hydrogens (tertiary/aromatic N) is 1. The first-order valence-electron chi connectivity index (χ1n) is 32.8. The van der Waals surface area contributed by atoms with Gasteiger partial charge in [0.25, 0.3) is 10.0 Å². The fourth-order valence-electron chi connectivity index (χ4n) is 9.99. The molecular formula is C66H115N11O17S. The number of rotatable bonds is 34. The minimum Gasteiger partial charge on any atom is -0.487 e. The van der Waals surface area contributed by atoms with Crippen LogP contribution in [0.4, 0.5) is 4.79 Å². The van der Waals surface area contributed by atoms with Gasteiger partial charge in [-0.2, -0.15) is 0 Å². The zero-order chi connectivity index (χ0) is 73.1. The largest absolute Gasteiger partial charge is 0.487 e. The van der Waals surface area contributed by atoms with Crippen LogP contribution in [0.15, 0.2) is 9.89 Å². The van der Waals surface area contributed by atoms with E-state index in [0.717, 1.165) is 12.7 Å². The number of sulfonamides is 1. The number of esters is 1. The molecule has 0 aliphatic carbocycles. The van der Waals surface area contributed by atoms with Crippen molar-refractivity contribution in [2.45, 2.75) is 273 Å². The topological polar surface area (TPSA) is 401 Å². The van der Waals surface area contributed by atoms with E-state index >= 15 is 0 Å². The number of fused-ring (bicyclic) bond motifs is 1. The first-order valence-corrected chi connectivity index (χ1v) is 34.3. The first kappa shape index (κ1) is 84.2. The summed E-state index contributed by atoms with van der Waals surface area (Å²) in [6.07, 6.45) is -1.04. The second kappa shape index (κ2) is 36.5. The highest BCUT2D eigenvalue weighted by Gasteiger charge is 2.39. The van der Waals surface area contributed by atoms with Crippen molar-refractivity contribution < 1.29 is 80.4 Å². The Hall–Kier alpha value is -6.85. The van der Waals surface area contributed by atoms with E-state index in [1.54, 1.807) is 138 Å². The Morgan fingerprint density at radius 1 is 0.642 bits per heavy atom. The second-order valence-corrected chi connectivity index (χ2v) is 30.9. The van der Waals surface area contributed by atoms with E-state index < -0.39 is 159 Å². The van der Waals surface area contributed by atoms with Crippen molar-refractivity contribution >= 4 is 69.4 Å². The van der Waals surface area contributed by atoms with Gasteiger partial charge in [0.15, 0.2) is 6.04 Å². The monoisotopic (exact) mass is 1370 g/mol. The lowest BCUT2D eigenvalue weighted by molar-refractivity contribution is -0.149. The molecule has 0 spiro atoms. The van der Waals surface area contributed by atoms with Gasteiger partial charge in [-0.1, -0.05) is 61.8 Å². The molecule has 95 heavy (non-hydrogen) atoms. The molecule has 0 aromatic heterocycles. The second-order valence-electron chi connectivity index (χ2n) is 29.3. The average molecular weight is 1370 g/mol. The summed E-state index contributed by atoms with van der Waals surface area (Å²) >= 11 is 0. The van der Waals surface area contributed by atoms with Gasteiger partial charge < -0.3 is 77.1 Å². The maximum Gasteiger partial charge on any atom is 0.408 e. The highest BCUT2D eigenvalue weighted by atomic mass is 32.2. The smallest absolute Gasteiger partial charge is 0.408 e. The number of aliphatic imine (C=N–C) groups is 1. The number of hydrogen-bond donors (Lipinski definition) is 11. The van der Waals surface area contributed by atoms with Gasteiger partial charge in [-0.25, -0.2) is 22.7 Å². The molecule has 2 rings (SSSR count). The van der Waals surface area contributed by atoms with Crippen LogP contribution in [0.3, 0.4) is 0 Å². The lowest BCUT2D eigenvalue weighted by atomic mass is 9.88. The van der Waals surface area contributed by atoms with E-state index in [2.05, 4.69) is 52.2 Å². The first-order chi connectivity index (χ1) is 43.5. The third kappa shape index (κ3) is 28.8. The fraction of sp³-hybridized carbons (Fsp3) is 0.758. The van der Waals surface area contributed by atoms with Crippen LogP contribution < -0.4 is 57.7 Å². The van der Waals surface area contributed by atoms with Crippen LogP contribution in [0, 0.1) is 44.4 Å². The summed E-state index contributed by atoms with van der Waals surface area (Å²) in [7, 11) is -3.16. The molecule has 0 saturated carbocycles. The summed E-state index contributed by atoms with van der Waals surface area (Å²) in [5, 5.41) is 32.1. The van der Waals surface area contributed by atoms with Gasteiger partial charge in [0, 0.05) is 6.54 Å². The Morgan fingerprint density at radius 3 is 1.64 bits per heavy atom. The Labute approximate surface area is 563 Å². The fourth-order valence-corrected chi connectivity index (χ4v) is 11.5. The van der Waals surface area contributed by atoms with Gasteiger partial charge in [-0.15, -0.1) is 0 Å². The molecule has 0 unspecified atom stereocenters. The number of nitrogens with one attached hydrogen (secondary N) is 9. The molecule has 12 N–H and O–H groups in total. The number of ether oxygens (including phenoxy) is 5. The summed E-state index contributed by atoms with van der Waals surface area (Å²) < 4.78 is 58.7. The van der Waals surface area contributed by atoms with E-state index in [-0.39, 0.29) is 62.2 Å². The molecule has 29 heteroatoms. The minimum absolute atomic E-state index is 0.00304. The van der Waals surface area contributed by atoms with Gasteiger partial charge >= 0.3 is 12.1 Å². The van der Waals surface area contributed by atoms with Crippen molar-refractivity contribution in [3.63, 3.8) is 0 Å². The third-order valence-electron chi connectivity index (χ3n) is 15.4. The van der Waals surface area contributed by atoms with Crippen LogP contribution in [0.5, 0.6) is 5.75 Å². The molecule has 0 bridgehead atoms. The van der Waals surface area contributed by atoms with E-state index in [9.17, 15) is 56.7 Å². The van der Waals surface area contributed by atoms with Crippen LogP contribution >= 0.6 is 0 Å². The van der Waals surface area contributed by atoms with Crippen LogP contribution in [0.25, 0.3) is 0 Å². The number of amides is 8. The number of benzene rings is 1. The lowest BCUT2D eigenvalue weighted by Crippen LogP contribution is -2.61. The number of hydrogen-bond acceptors (Lipinski definition) is 18. The van der Waals surface area contributed by atoms with E-state index in [1.807, 2.05) is 13.8 Å². The van der Waals surface area contributed by atoms with Crippen molar-refractivity contribution in [1.29, 1.82) is 0 Å². The Bertz CT molecular complexity index is 2970. The molecule has 1 aromatic carbocycles. The molecule has 9 atom stereocenters. The molecule has 0 fully saturated rings. The number of aliphatic hydroxyl groups excluding tert-OH is 1. The minimum atomic E-state index is -4.31. The van der Waals surface area contributed by atoms with E-state index in [0.29, 0.717) is 41.7 Å². The predicted octanol–water partition coefficient (Wildman–Crippen LogP) is 3.97. The molecule has 1 aromatic rings. The summed E-state index contributed by atoms with van der Waals surface area (Å²) in [5.74, 6) is -8.13. The summed E-state index contributed by atoms with van der Waals surface area (Å²) in [5.41, 5.74) is 5.82. The van der Waals surface area contributed by atoms with Crippen LogP contribution in [-0.4, -0.2) is 177 Å². The standard InChI is InChI=1S/C66H115N11O17S/c1-24-38(8)49(58(84)72-44(30-35(2)3)54(80)69-32-48(78)70-46(33-91-63(12,13)14)57(83)74-47(60(86)90-23)34-92-64(15,16)17)75-55(81)43(71-56(82)45(31-36(4)5)73-59(85)50(51(79)37(6)7)76-62(87)94-65(18,19)20)26-25-29-68-61(67)77-95(88,89)53-40(10)39(9)52-42(41(53)11)27-28-66(21,22)93-52/h35-38,43-47,49-51,79H,24-34H2,1-23H3,(H,69,80)(H,70,78)(H,71,82)(H,72,84)(H,73,85)(H,74,83)(H,75,81)(H,76,87)(H3,67,68,77)/t38-,43+,44-,45-,46-,47-,49-,50-,51+/m0/s1. The number of aliphatic hydroxyl groups is 1. The molecule has 542 valence electrons. The highest BCUT2D eigenvalue weighted by molar-refractivity contribution is 7.90. The molecule has 28 nitrogen and oxygen atoms in total. The zero-order valence-electron chi connectivity index (χ0n) is 60.6. The van der Waals surface area contributed by atoms with Gasteiger partial charge in [-0.3, -0.25) is 38.6 Å². The molecule has 1 aliphatic rings. The van der Waals surface area contributed by atoms with Crippen LogP contribution in [0.1, 0.15) is 192 Å². The summed E-state index contributed by atoms with van der Waals surface area (Å²) in [6, 6.07) is -9.71. The van der Waals surface area contributed by atoms with Gasteiger partial charge in [0.2, 0.25) is 47.3 Å². The van der Waals surface area contributed by atoms with Crippen molar-refractivity contribution in [1.82, 2.24) is 47.3 Å². The van der Waals surface area contributed by atoms with Crippen molar-refractivity contribution in [2.24, 2.45) is 34.4 Å². The quantitative estimate of drug-likeness (QED) is 0.0201. The molecule has 0 radical (unpaired) electrons. The van der Waals surface area contributed by atoms with Gasteiger partial charge in [-0.05, 0) is 181 Å². The normalized spacial score (nSPS) is 16.4.